The largest absolute Gasteiger partial charge is 0.379 e. The van der Waals surface area contributed by atoms with Crippen LogP contribution in [0.3, 0.4) is 0 Å². The molecular weight excluding hydrogens is 254 g/mol. The summed E-state index contributed by atoms with van der Waals surface area (Å²) >= 11 is 0. The molecule has 2 heterocycles. The number of hydrogen-bond donors (Lipinski definition) is 1. The SMILES string of the molecule is Cc1ccc2c(c1)NC(=O)C(CN1CCOCC1)C=N2. The lowest BCUT2D eigenvalue weighted by Crippen LogP contribution is -2.42. The predicted octanol–water partition coefficient (Wildman–Crippen LogP) is 1.60. The lowest BCUT2D eigenvalue weighted by molar-refractivity contribution is -0.118. The number of ether oxygens (including phenoxy) is 1. The van der Waals surface area contributed by atoms with Gasteiger partial charge in [-0.2, -0.15) is 0 Å². The number of anilines is 1. The van der Waals surface area contributed by atoms with Crippen LogP contribution in [0.5, 0.6) is 0 Å². The molecule has 20 heavy (non-hydrogen) atoms. The van der Waals surface area contributed by atoms with Gasteiger partial charge in [-0.05, 0) is 24.6 Å². The summed E-state index contributed by atoms with van der Waals surface area (Å²) < 4.78 is 5.33. The number of nitrogens with one attached hydrogen (secondary N) is 1. The van der Waals surface area contributed by atoms with Crippen molar-refractivity contribution in [3.05, 3.63) is 23.8 Å². The molecule has 0 aromatic heterocycles. The molecule has 5 heteroatoms. The molecule has 3 rings (SSSR count). The lowest BCUT2D eigenvalue weighted by atomic mass is 10.1. The molecule has 1 aromatic rings. The van der Waals surface area contributed by atoms with Gasteiger partial charge >= 0.3 is 0 Å². The first-order chi connectivity index (χ1) is 9.72. The quantitative estimate of drug-likeness (QED) is 0.890. The van der Waals surface area contributed by atoms with Crippen molar-refractivity contribution in [3.8, 4) is 0 Å². The summed E-state index contributed by atoms with van der Waals surface area (Å²) in [5.74, 6) is -0.189. The van der Waals surface area contributed by atoms with E-state index < -0.39 is 0 Å². The summed E-state index contributed by atoms with van der Waals surface area (Å²) in [4.78, 5) is 19.0. The minimum Gasteiger partial charge on any atom is -0.379 e. The minimum absolute atomic E-state index is 0.0181. The van der Waals surface area contributed by atoms with Crippen LogP contribution in [0, 0.1) is 12.8 Å². The fourth-order valence-electron chi connectivity index (χ4n) is 2.52. The number of carbonyl (C=O) groups excluding carboxylic acids is 1. The van der Waals surface area contributed by atoms with Crippen LogP contribution in [0.2, 0.25) is 0 Å². The molecule has 0 bridgehead atoms. The van der Waals surface area contributed by atoms with E-state index in [4.69, 9.17) is 4.74 Å². The fraction of sp³-hybridized carbons (Fsp3) is 0.467. The molecule has 0 aliphatic carbocycles. The summed E-state index contributed by atoms with van der Waals surface area (Å²) in [6.07, 6.45) is 1.77. The van der Waals surface area contributed by atoms with Gasteiger partial charge in [0.05, 0.1) is 30.5 Å². The number of morpholine rings is 1. The lowest BCUT2D eigenvalue weighted by Gasteiger charge is -2.28. The normalized spacial score (nSPS) is 23.1. The van der Waals surface area contributed by atoms with Crippen molar-refractivity contribution in [2.24, 2.45) is 10.9 Å². The van der Waals surface area contributed by atoms with E-state index in [2.05, 4.69) is 15.2 Å². The molecule has 2 aliphatic heterocycles. The van der Waals surface area contributed by atoms with Gasteiger partial charge in [0.15, 0.2) is 0 Å². The molecule has 5 nitrogen and oxygen atoms in total. The van der Waals surface area contributed by atoms with Crippen LogP contribution in [0.4, 0.5) is 11.4 Å². The second-order valence-electron chi connectivity index (χ2n) is 5.31. The van der Waals surface area contributed by atoms with E-state index in [-0.39, 0.29) is 11.8 Å². The van der Waals surface area contributed by atoms with Gasteiger partial charge < -0.3 is 10.1 Å². The maximum atomic E-state index is 12.3. The van der Waals surface area contributed by atoms with Crippen molar-refractivity contribution < 1.29 is 9.53 Å². The number of fused-ring (bicyclic) bond motifs is 1. The Labute approximate surface area is 118 Å². The summed E-state index contributed by atoms with van der Waals surface area (Å²) in [5.41, 5.74) is 2.75. The Balaban J connectivity index is 1.74. The highest BCUT2D eigenvalue weighted by molar-refractivity contribution is 6.06. The van der Waals surface area contributed by atoms with Gasteiger partial charge in [-0.3, -0.25) is 14.7 Å². The van der Waals surface area contributed by atoms with Crippen molar-refractivity contribution >= 4 is 23.5 Å². The monoisotopic (exact) mass is 273 g/mol. The third-order valence-electron chi connectivity index (χ3n) is 3.70. The first-order valence-corrected chi connectivity index (χ1v) is 6.98. The van der Waals surface area contributed by atoms with Gasteiger partial charge in [0, 0.05) is 25.8 Å². The number of nitrogens with zero attached hydrogens (tertiary/aromatic N) is 2. The number of aryl methyl sites for hydroxylation is 1. The Morgan fingerprint density at radius 3 is 3.00 bits per heavy atom. The molecule has 0 radical (unpaired) electrons. The number of hydrogen-bond acceptors (Lipinski definition) is 4. The van der Waals surface area contributed by atoms with Gasteiger partial charge in [0.2, 0.25) is 5.91 Å². The molecule has 1 atom stereocenters. The first-order valence-electron chi connectivity index (χ1n) is 6.98. The van der Waals surface area contributed by atoms with E-state index in [1.807, 2.05) is 25.1 Å². The maximum absolute atomic E-state index is 12.3. The minimum atomic E-state index is -0.208. The zero-order chi connectivity index (χ0) is 13.9. The summed E-state index contributed by atoms with van der Waals surface area (Å²) in [5, 5.41) is 2.98. The molecule has 1 saturated heterocycles. The Hall–Kier alpha value is -1.72. The number of amides is 1. The average Bonchev–Trinajstić information content (AvgIpc) is 2.59. The summed E-state index contributed by atoms with van der Waals surface area (Å²) in [7, 11) is 0. The van der Waals surface area contributed by atoms with Gasteiger partial charge in [-0.25, -0.2) is 0 Å². The second kappa shape index (κ2) is 5.73. The van der Waals surface area contributed by atoms with Crippen LogP contribution >= 0.6 is 0 Å². The van der Waals surface area contributed by atoms with Crippen LogP contribution < -0.4 is 5.32 Å². The maximum Gasteiger partial charge on any atom is 0.234 e. The van der Waals surface area contributed by atoms with Crippen LogP contribution in [0.15, 0.2) is 23.2 Å². The Kier molecular flexibility index (Phi) is 3.80. The third-order valence-corrected chi connectivity index (χ3v) is 3.70. The van der Waals surface area contributed by atoms with Crippen LogP contribution in [-0.2, 0) is 9.53 Å². The molecule has 1 fully saturated rings. The molecular formula is C15H19N3O2. The van der Waals surface area contributed by atoms with Crippen molar-refractivity contribution in [1.29, 1.82) is 0 Å². The predicted molar refractivity (Wildman–Crippen MR) is 78.7 cm³/mol. The van der Waals surface area contributed by atoms with E-state index in [1.165, 1.54) is 0 Å². The number of carbonyl (C=O) groups is 1. The highest BCUT2D eigenvalue weighted by Crippen LogP contribution is 2.28. The van der Waals surface area contributed by atoms with E-state index in [0.717, 1.165) is 43.2 Å². The molecule has 1 aromatic carbocycles. The van der Waals surface area contributed by atoms with Crippen LogP contribution in [0.25, 0.3) is 0 Å². The van der Waals surface area contributed by atoms with Gasteiger partial charge in [-0.1, -0.05) is 6.07 Å². The van der Waals surface area contributed by atoms with Crippen molar-refractivity contribution in [2.45, 2.75) is 6.92 Å². The molecule has 0 spiro atoms. The average molecular weight is 273 g/mol. The Morgan fingerprint density at radius 2 is 2.20 bits per heavy atom. The Bertz CT molecular complexity index is 536. The smallest absolute Gasteiger partial charge is 0.234 e. The van der Waals surface area contributed by atoms with Crippen LogP contribution in [0.1, 0.15) is 5.56 Å². The molecule has 1 amide bonds. The molecule has 106 valence electrons. The molecule has 0 saturated carbocycles. The molecule has 1 N–H and O–H groups in total. The van der Waals surface area contributed by atoms with E-state index in [0.29, 0.717) is 6.54 Å². The standard InChI is InChI=1S/C15H19N3O2/c1-11-2-3-13-14(8-11)17-15(19)12(9-16-13)10-18-4-6-20-7-5-18/h2-3,8-9,12H,4-7,10H2,1H3,(H,17,19). The highest BCUT2D eigenvalue weighted by atomic mass is 16.5. The van der Waals surface area contributed by atoms with Gasteiger partial charge in [-0.15, -0.1) is 0 Å². The molecule has 1 unspecified atom stereocenters. The number of benzene rings is 1. The number of rotatable bonds is 2. The van der Waals surface area contributed by atoms with E-state index in [9.17, 15) is 4.79 Å². The Morgan fingerprint density at radius 1 is 1.40 bits per heavy atom. The third kappa shape index (κ3) is 2.89. The van der Waals surface area contributed by atoms with Crippen molar-refractivity contribution in [1.82, 2.24) is 4.90 Å². The topological polar surface area (TPSA) is 53.9 Å². The number of aliphatic imine (C=N–C) groups is 1. The van der Waals surface area contributed by atoms with Gasteiger partial charge in [0.25, 0.3) is 0 Å². The first kappa shape index (κ1) is 13.3. The second-order valence-corrected chi connectivity index (χ2v) is 5.31. The highest BCUT2D eigenvalue weighted by Gasteiger charge is 2.24. The molecule has 2 aliphatic rings. The fourth-order valence-corrected chi connectivity index (χ4v) is 2.52. The summed E-state index contributed by atoms with van der Waals surface area (Å²) in [6, 6.07) is 5.91. The van der Waals surface area contributed by atoms with Crippen molar-refractivity contribution in [3.63, 3.8) is 0 Å². The zero-order valence-electron chi connectivity index (χ0n) is 11.6. The van der Waals surface area contributed by atoms with Crippen LogP contribution in [-0.4, -0.2) is 49.9 Å². The zero-order valence-corrected chi connectivity index (χ0v) is 11.6. The summed E-state index contributed by atoms with van der Waals surface area (Å²) in [6.45, 7) is 5.95. The van der Waals surface area contributed by atoms with E-state index in [1.54, 1.807) is 6.21 Å². The van der Waals surface area contributed by atoms with E-state index >= 15 is 0 Å². The van der Waals surface area contributed by atoms with Crippen molar-refractivity contribution in [2.75, 3.05) is 38.2 Å². The van der Waals surface area contributed by atoms with Gasteiger partial charge in [0.1, 0.15) is 0 Å².